The van der Waals surface area contributed by atoms with Gasteiger partial charge in [-0.1, -0.05) is 30.3 Å². The van der Waals surface area contributed by atoms with E-state index in [1.54, 1.807) is 42.5 Å². The fraction of sp³-hybridized carbons (Fsp3) is 0.300. The zero-order chi connectivity index (χ0) is 19.4. The van der Waals surface area contributed by atoms with Crippen LogP contribution in [0.25, 0.3) is 0 Å². The first-order chi connectivity index (χ1) is 13.0. The van der Waals surface area contributed by atoms with Gasteiger partial charge in [0.25, 0.3) is 0 Å². The second-order valence-electron chi connectivity index (χ2n) is 6.44. The highest BCUT2D eigenvalue weighted by molar-refractivity contribution is 5.80. The number of rotatable bonds is 5. The third-order valence-corrected chi connectivity index (χ3v) is 4.75. The standard InChI is InChI=1S/C20H20FNO5/c21-16-5-2-1-4-14(16)12-27-15-10-8-13(9-11-15)17-6-3-7-18(19(23)24)22(17)20(25)26/h1-2,4-5,8-11,17-18H,3,6-7,12H2,(H,23,24)(H,25,26)/t17-,18+/m1/s1. The fourth-order valence-corrected chi connectivity index (χ4v) is 3.40. The summed E-state index contributed by atoms with van der Waals surface area (Å²) in [6, 6.07) is 11.6. The summed E-state index contributed by atoms with van der Waals surface area (Å²) in [5, 5.41) is 18.8. The number of halogens is 1. The molecule has 0 radical (unpaired) electrons. The quantitative estimate of drug-likeness (QED) is 0.825. The molecule has 2 atom stereocenters. The van der Waals surface area contributed by atoms with Crippen LogP contribution in [0.4, 0.5) is 9.18 Å². The van der Waals surface area contributed by atoms with Crippen LogP contribution in [0, 0.1) is 5.82 Å². The molecule has 3 rings (SSSR count). The molecule has 27 heavy (non-hydrogen) atoms. The van der Waals surface area contributed by atoms with Gasteiger partial charge in [-0.3, -0.25) is 4.90 Å². The molecular formula is C20H20FNO5. The Morgan fingerprint density at radius 1 is 1.07 bits per heavy atom. The summed E-state index contributed by atoms with van der Waals surface area (Å²) in [6.07, 6.45) is 0.261. The highest BCUT2D eigenvalue weighted by atomic mass is 19.1. The van der Waals surface area contributed by atoms with Crippen LogP contribution >= 0.6 is 0 Å². The number of ether oxygens (including phenoxy) is 1. The van der Waals surface area contributed by atoms with Crippen molar-refractivity contribution < 1.29 is 28.9 Å². The van der Waals surface area contributed by atoms with E-state index in [2.05, 4.69) is 0 Å². The predicted molar refractivity (Wildman–Crippen MR) is 95.1 cm³/mol. The van der Waals surface area contributed by atoms with Crippen LogP contribution in [0.5, 0.6) is 5.75 Å². The Morgan fingerprint density at radius 2 is 1.78 bits per heavy atom. The number of carboxylic acid groups (broad SMARTS) is 2. The van der Waals surface area contributed by atoms with Crippen molar-refractivity contribution in [1.29, 1.82) is 0 Å². The van der Waals surface area contributed by atoms with Crippen molar-refractivity contribution in [2.45, 2.75) is 38.0 Å². The van der Waals surface area contributed by atoms with Crippen molar-refractivity contribution in [1.82, 2.24) is 4.90 Å². The van der Waals surface area contributed by atoms with Gasteiger partial charge < -0.3 is 14.9 Å². The van der Waals surface area contributed by atoms with E-state index in [1.165, 1.54) is 6.07 Å². The van der Waals surface area contributed by atoms with E-state index in [4.69, 9.17) is 4.74 Å². The minimum atomic E-state index is -1.24. The molecule has 2 aromatic carbocycles. The summed E-state index contributed by atoms with van der Waals surface area (Å²) < 4.78 is 19.2. The Hall–Kier alpha value is -3.09. The molecule has 142 valence electrons. The molecule has 2 N–H and O–H groups in total. The number of amides is 1. The fourth-order valence-electron chi connectivity index (χ4n) is 3.40. The first-order valence-electron chi connectivity index (χ1n) is 8.67. The van der Waals surface area contributed by atoms with E-state index in [0.717, 1.165) is 4.90 Å². The molecule has 1 heterocycles. The smallest absolute Gasteiger partial charge is 0.408 e. The molecule has 1 amide bonds. The van der Waals surface area contributed by atoms with Crippen LogP contribution in [-0.4, -0.2) is 33.2 Å². The van der Waals surface area contributed by atoms with E-state index in [9.17, 15) is 24.2 Å². The molecule has 0 saturated carbocycles. The Bertz CT molecular complexity index is 823. The van der Waals surface area contributed by atoms with Crippen molar-refractivity contribution >= 4 is 12.1 Å². The highest BCUT2D eigenvalue weighted by Crippen LogP contribution is 2.35. The Kier molecular flexibility index (Phi) is 5.59. The number of hydrogen-bond acceptors (Lipinski definition) is 3. The zero-order valence-corrected chi connectivity index (χ0v) is 14.5. The van der Waals surface area contributed by atoms with Gasteiger partial charge in [0.1, 0.15) is 24.2 Å². The number of likely N-dealkylation sites (tertiary alicyclic amines) is 1. The highest BCUT2D eigenvalue weighted by Gasteiger charge is 2.39. The van der Waals surface area contributed by atoms with Crippen LogP contribution in [0.3, 0.4) is 0 Å². The van der Waals surface area contributed by atoms with E-state index < -0.39 is 24.1 Å². The van der Waals surface area contributed by atoms with Gasteiger partial charge in [-0.25, -0.2) is 14.0 Å². The Labute approximate surface area is 155 Å². The summed E-state index contributed by atoms with van der Waals surface area (Å²) >= 11 is 0. The van der Waals surface area contributed by atoms with E-state index in [-0.39, 0.29) is 12.4 Å². The lowest BCUT2D eigenvalue weighted by atomic mass is 9.91. The second kappa shape index (κ2) is 8.07. The molecule has 1 aliphatic heterocycles. The molecule has 1 aliphatic rings. The van der Waals surface area contributed by atoms with Gasteiger partial charge in [0.05, 0.1) is 6.04 Å². The second-order valence-corrected chi connectivity index (χ2v) is 6.44. The van der Waals surface area contributed by atoms with Gasteiger partial charge in [-0.05, 0) is 43.0 Å². The van der Waals surface area contributed by atoms with Gasteiger partial charge in [0.2, 0.25) is 0 Å². The first kappa shape index (κ1) is 18.7. The molecule has 1 saturated heterocycles. The topological polar surface area (TPSA) is 87.1 Å². The summed E-state index contributed by atoms with van der Waals surface area (Å²) in [5.41, 5.74) is 1.15. The lowest BCUT2D eigenvalue weighted by molar-refractivity contribution is -0.145. The number of carboxylic acids is 1. The van der Waals surface area contributed by atoms with Crippen molar-refractivity contribution in [2.24, 2.45) is 0 Å². The van der Waals surface area contributed by atoms with E-state index in [1.807, 2.05) is 0 Å². The minimum absolute atomic E-state index is 0.0811. The maximum atomic E-state index is 13.6. The number of carbonyl (C=O) groups is 2. The van der Waals surface area contributed by atoms with Crippen molar-refractivity contribution in [3.05, 3.63) is 65.5 Å². The summed E-state index contributed by atoms with van der Waals surface area (Å²) in [4.78, 5) is 24.0. The Balaban J connectivity index is 1.73. The number of hydrogen-bond donors (Lipinski definition) is 2. The first-order valence-corrected chi connectivity index (χ1v) is 8.67. The van der Waals surface area contributed by atoms with Crippen molar-refractivity contribution in [3.8, 4) is 5.75 Å². The minimum Gasteiger partial charge on any atom is -0.489 e. The molecule has 2 aromatic rings. The summed E-state index contributed by atoms with van der Waals surface area (Å²) in [5.74, 6) is -0.949. The van der Waals surface area contributed by atoms with Crippen LogP contribution in [0.15, 0.2) is 48.5 Å². The lowest BCUT2D eigenvalue weighted by Gasteiger charge is -2.38. The van der Waals surface area contributed by atoms with Crippen LogP contribution in [0.2, 0.25) is 0 Å². The van der Waals surface area contributed by atoms with Gasteiger partial charge in [0, 0.05) is 5.56 Å². The van der Waals surface area contributed by atoms with E-state index >= 15 is 0 Å². The molecule has 0 aliphatic carbocycles. The SMILES string of the molecule is O=C(O)[C@@H]1CCC[C@H](c2ccc(OCc3ccccc3F)cc2)N1C(=O)O. The third-order valence-electron chi connectivity index (χ3n) is 4.75. The lowest BCUT2D eigenvalue weighted by Crippen LogP contribution is -2.49. The van der Waals surface area contributed by atoms with Gasteiger partial charge in [-0.2, -0.15) is 0 Å². The number of aliphatic carboxylic acids is 1. The molecule has 0 unspecified atom stereocenters. The monoisotopic (exact) mass is 373 g/mol. The van der Waals surface area contributed by atoms with Crippen molar-refractivity contribution in [3.63, 3.8) is 0 Å². The number of nitrogens with zero attached hydrogens (tertiary/aromatic N) is 1. The maximum absolute atomic E-state index is 13.6. The summed E-state index contributed by atoms with van der Waals surface area (Å²) in [6.45, 7) is 0.0811. The predicted octanol–water partition coefficient (Wildman–Crippen LogP) is 4.06. The molecule has 7 heteroatoms. The Morgan fingerprint density at radius 3 is 2.41 bits per heavy atom. The molecule has 0 bridgehead atoms. The normalized spacial score (nSPS) is 19.5. The molecule has 6 nitrogen and oxygen atoms in total. The van der Waals surface area contributed by atoms with Gasteiger partial charge in [-0.15, -0.1) is 0 Å². The molecule has 1 fully saturated rings. The zero-order valence-electron chi connectivity index (χ0n) is 14.5. The average molecular weight is 373 g/mol. The summed E-state index contributed by atoms with van der Waals surface area (Å²) in [7, 11) is 0. The molecular weight excluding hydrogens is 353 g/mol. The van der Waals surface area contributed by atoms with Crippen LogP contribution in [-0.2, 0) is 11.4 Å². The molecule has 0 spiro atoms. The van der Waals surface area contributed by atoms with Crippen molar-refractivity contribution in [2.75, 3.05) is 0 Å². The third kappa shape index (κ3) is 4.19. The average Bonchev–Trinajstić information content (AvgIpc) is 2.67. The number of piperidine rings is 1. The largest absolute Gasteiger partial charge is 0.489 e. The van der Waals surface area contributed by atoms with E-state index in [0.29, 0.717) is 36.1 Å². The molecule has 0 aromatic heterocycles. The van der Waals surface area contributed by atoms with Gasteiger partial charge >= 0.3 is 12.1 Å². The van der Waals surface area contributed by atoms with Crippen LogP contribution in [0.1, 0.15) is 36.4 Å². The number of benzene rings is 2. The van der Waals surface area contributed by atoms with Crippen LogP contribution < -0.4 is 4.74 Å². The maximum Gasteiger partial charge on any atom is 0.408 e. The van der Waals surface area contributed by atoms with Gasteiger partial charge in [0.15, 0.2) is 0 Å².